The van der Waals surface area contributed by atoms with Gasteiger partial charge in [-0.1, -0.05) is 47.1 Å². The molecule has 162 valence electrons. The maximum absolute atomic E-state index is 11.2. The Hall–Kier alpha value is -1.79. The molecule has 0 aliphatic carbocycles. The monoisotopic (exact) mass is 395 g/mol. The Balaban J connectivity index is 0.00000227. The molecule has 0 aromatic heterocycles. The third-order valence-electron chi connectivity index (χ3n) is 4.68. The lowest BCUT2D eigenvalue weighted by Gasteiger charge is -2.29. The molecule has 0 spiro atoms. The van der Waals surface area contributed by atoms with Gasteiger partial charge in [0.1, 0.15) is 5.75 Å². The van der Waals surface area contributed by atoms with Crippen LogP contribution in [0.5, 0.6) is 5.75 Å². The lowest BCUT2D eigenvalue weighted by molar-refractivity contribution is 0.165. The number of hydrogen-bond donors (Lipinski definition) is 2. The van der Waals surface area contributed by atoms with Gasteiger partial charge in [0, 0.05) is 31.2 Å². The van der Waals surface area contributed by atoms with Gasteiger partial charge < -0.3 is 15.2 Å². The molecular weight excluding hydrogens is 354 g/mol. The third-order valence-corrected chi connectivity index (χ3v) is 4.68. The summed E-state index contributed by atoms with van der Waals surface area (Å²) < 4.78 is 4.60. The number of phenols is 1. The summed E-state index contributed by atoms with van der Waals surface area (Å²) >= 11 is 0. The summed E-state index contributed by atoms with van der Waals surface area (Å²) in [7, 11) is 1.36. The van der Waals surface area contributed by atoms with Crippen molar-refractivity contribution in [1.82, 2.24) is 15.1 Å². The van der Waals surface area contributed by atoms with Gasteiger partial charge in [-0.3, -0.25) is 9.80 Å². The van der Waals surface area contributed by atoms with Crippen molar-refractivity contribution < 1.29 is 14.6 Å². The van der Waals surface area contributed by atoms with Crippen molar-refractivity contribution in [3.63, 3.8) is 0 Å². The lowest BCUT2D eigenvalue weighted by Crippen LogP contribution is -2.36. The lowest BCUT2D eigenvalue weighted by atomic mass is 10.0. The number of aromatic hydroxyl groups is 1. The summed E-state index contributed by atoms with van der Waals surface area (Å²) in [5.41, 5.74) is 2.12. The van der Waals surface area contributed by atoms with Gasteiger partial charge >= 0.3 is 6.09 Å². The van der Waals surface area contributed by atoms with Gasteiger partial charge in [0.25, 0.3) is 0 Å². The van der Waals surface area contributed by atoms with E-state index in [-0.39, 0.29) is 6.04 Å². The second-order valence-electron chi connectivity index (χ2n) is 6.78. The van der Waals surface area contributed by atoms with Gasteiger partial charge in [-0.05, 0) is 44.3 Å². The number of carbonyl (C=O) groups is 1. The standard InChI is InChI=1S/C19H33N3O3.C3H8/c1-6-21(7-2)14-17-13-16(9-10-18(17)23)15(4)22(8-3)12-11-20-19(24)25-5;1-3-2/h9-10,13,15,23H,6-8,11-12,14H2,1-5H3,(H,20,24);3H2,1-2H3. The molecule has 0 heterocycles. The third kappa shape index (κ3) is 9.42. The molecule has 0 aliphatic rings. The number of likely N-dealkylation sites (N-methyl/N-ethyl adjacent to an activating group) is 1. The highest BCUT2D eigenvalue weighted by Crippen LogP contribution is 2.26. The molecule has 6 heteroatoms. The molecule has 0 saturated carbocycles. The Morgan fingerprint density at radius 2 is 1.75 bits per heavy atom. The summed E-state index contributed by atoms with van der Waals surface area (Å²) in [5, 5.41) is 12.9. The van der Waals surface area contributed by atoms with Crippen LogP contribution in [0.1, 0.15) is 65.1 Å². The van der Waals surface area contributed by atoms with E-state index in [4.69, 9.17) is 0 Å². The Morgan fingerprint density at radius 1 is 1.14 bits per heavy atom. The largest absolute Gasteiger partial charge is 0.508 e. The quantitative estimate of drug-likeness (QED) is 0.615. The summed E-state index contributed by atoms with van der Waals surface area (Å²) in [4.78, 5) is 15.7. The second kappa shape index (κ2) is 15.2. The van der Waals surface area contributed by atoms with Crippen LogP contribution in [0.4, 0.5) is 4.79 Å². The Kier molecular flexibility index (Phi) is 14.2. The number of alkyl carbamates (subject to hydrolysis) is 1. The van der Waals surface area contributed by atoms with E-state index in [1.807, 2.05) is 6.07 Å². The molecule has 1 rings (SSSR count). The minimum Gasteiger partial charge on any atom is -0.508 e. The average molecular weight is 396 g/mol. The first-order valence-corrected chi connectivity index (χ1v) is 10.5. The summed E-state index contributed by atoms with van der Waals surface area (Å²) in [6.07, 6.45) is 0.842. The van der Waals surface area contributed by atoms with Gasteiger partial charge in [0.2, 0.25) is 0 Å². The van der Waals surface area contributed by atoms with Crippen LogP contribution in [-0.4, -0.2) is 60.8 Å². The topological polar surface area (TPSA) is 65.0 Å². The maximum Gasteiger partial charge on any atom is 0.406 e. The molecule has 28 heavy (non-hydrogen) atoms. The minimum atomic E-state index is -0.408. The average Bonchev–Trinajstić information content (AvgIpc) is 2.70. The number of hydrogen-bond acceptors (Lipinski definition) is 5. The van der Waals surface area contributed by atoms with Gasteiger partial charge in [-0.25, -0.2) is 4.79 Å². The molecule has 2 N–H and O–H groups in total. The van der Waals surface area contributed by atoms with Gasteiger partial charge in [-0.15, -0.1) is 0 Å². The van der Waals surface area contributed by atoms with Crippen molar-refractivity contribution in [2.75, 3.05) is 39.8 Å². The number of phenolic OH excluding ortho intramolecular Hbond substituents is 1. The SMILES string of the molecule is CCC.CCN(CC)Cc1cc(C(C)N(CC)CCNC(=O)OC)ccc1O. The van der Waals surface area contributed by atoms with Crippen molar-refractivity contribution in [2.24, 2.45) is 0 Å². The van der Waals surface area contributed by atoms with Crippen LogP contribution in [0.2, 0.25) is 0 Å². The number of nitrogens with one attached hydrogen (secondary N) is 1. The Bertz CT molecular complexity index is 548. The van der Waals surface area contributed by atoms with E-state index in [0.717, 1.165) is 38.3 Å². The minimum absolute atomic E-state index is 0.195. The molecule has 1 aromatic rings. The van der Waals surface area contributed by atoms with Crippen LogP contribution in [0.3, 0.4) is 0 Å². The van der Waals surface area contributed by atoms with Crippen molar-refractivity contribution in [2.45, 2.75) is 60.5 Å². The van der Waals surface area contributed by atoms with E-state index in [1.54, 1.807) is 6.07 Å². The maximum atomic E-state index is 11.2. The molecule has 0 fully saturated rings. The molecular formula is C22H41N3O3. The van der Waals surface area contributed by atoms with Crippen molar-refractivity contribution in [3.05, 3.63) is 29.3 Å². The molecule has 1 unspecified atom stereocenters. The van der Waals surface area contributed by atoms with Crippen LogP contribution in [0.25, 0.3) is 0 Å². The number of nitrogens with zero attached hydrogens (tertiary/aromatic N) is 2. The smallest absolute Gasteiger partial charge is 0.406 e. The highest BCUT2D eigenvalue weighted by Gasteiger charge is 2.16. The van der Waals surface area contributed by atoms with E-state index in [9.17, 15) is 9.90 Å². The summed E-state index contributed by atoms with van der Waals surface area (Å²) in [6.45, 7) is 17.5. The molecule has 6 nitrogen and oxygen atoms in total. The molecule has 1 aromatic carbocycles. The molecule has 1 amide bonds. The normalized spacial score (nSPS) is 11.8. The zero-order valence-corrected chi connectivity index (χ0v) is 18.9. The number of rotatable bonds is 10. The zero-order chi connectivity index (χ0) is 21.5. The number of ether oxygens (including phenoxy) is 1. The highest BCUT2D eigenvalue weighted by atomic mass is 16.5. The number of benzene rings is 1. The van der Waals surface area contributed by atoms with Gasteiger partial charge in [0.05, 0.1) is 7.11 Å². The van der Waals surface area contributed by atoms with E-state index < -0.39 is 6.09 Å². The van der Waals surface area contributed by atoms with Crippen LogP contribution < -0.4 is 5.32 Å². The van der Waals surface area contributed by atoms with Crippen LogP contribution in [0, 0.1) is 0 Å². The predicted molar refractivity (Wildman–Crippen MR) is 117 cm³/mol. The van der Waals surface area contributed by atoms with Crippen LogP contribution in [0.15, 0.2) is 18.2 Å². The fourth-order valence-corrected chi connectivity index (χ4v) is 2.89. The van der Waals surface area contributed by atoms with E-state index in [1.165, 1.54) is 19.1 Å². The van der Waals surface area contributed by atoms with Gasteiger partial charge in [-0.2, -0.15) is 0 Å². The first-order chi connectivity index (χ1) is 13.4. The second-order valence-corrected chi connectivity index (χ2v) is 6.78. The molecule has 1 atom stereocenters. The van der Waals surface area contributed by atoms with Crippen LogP contribution >= 0.6 is 0 Å². The Labute approximate surface area is 171 Å². The Morgan fingerprint density at radius 3 is 2.25 bits per heavy atom. The summed E-state index contributed by atoms with van der Waals surface area (Å²) in [5.74, 6) is 0.346. The summed E-state index contributed by atoms with van der Waals surface area (Å²) in [6, 6.07) is 6.04. The van der Waals surface area contributed by atoms with E-state index in [0.29, 0.717) is 12.3 Å². The molecule has 0 saturated heterocycles. The van der Waals surface area contributed by atoms with Crippen molar-refractivity contribution in [3.8, 4) is 5.75 Å². The molecule has 0 aliphatic heterocycles. The number of amides is 1. The van der Waals surface area contributed by atoms with Gasteiger partial charge in [0.15, 0.2) is 0 Å². The van der Waals surface area contributed by atoms with E-state index >= 15 is 0 Å². The number of carbonyl (C=O) groups excluding carboxylic acids is 1. The predicted octanol–water partition coefficient (Wildman–Crippen LogP) is 4.39. The molecule has 0 radical (unpaired) electrons. The fourth-order valence-electron chi connectivity index (χ4n) is 2.89. The van der Waals surface area contributed by atoms with Crippen molar-refractivity contribution >= 4 is 6.09 Å². The van der Waals surface area contributed by atoms with E-state index in [2.05, 4.69) is 67.5 Å². The first-order valence-electron chi connectivity index (χ1n) is 10.5. The number of methoxy groups -OCH3 is 1. The van der Waals surface area contributed by atoms with Crippen LogP contribution in [-0.2, 0) is 11.3 Å². The molecule has 0 bridgehead atoms. The first kappa shape index (κ1) is 26.2. The van der Waals surface area contributed by atoms with Crippen molar-refractivity contribution in [1.29, 1.82) is 0 Å². The fraction of sp³-hybridized carbons (Fsp3) is 0.682. The zero-order valence-electron chi connectivity index (χ0n) is 18.9. The highest BCUT2D eigenvalue weighted by molar-refractivity contribution is 5.66.